The predicted molar refractivity (Wildman–Crippen MR) is 325 cm³/mol. The lowest BCUT2D eigenvalue weighted by molar-refractivity contribution is 0.148. The third-order valence-electron chi connectivity index (χ3n) is 15.1. The maximum atomic E-state index is 11.6. The first-order valence-electron chi connectivity index (χ1n) is 32.3. The molecule has 6 aliphatic carbocycles. The Hall–Kier alpha value is -6.36. The lowest BCUT2D eigenvalue weighted by Gasteiger charge is -2.11. The fraction of sp³-hybridized carbons (Fsp3) is 0.800. The maximum absolute atomic E-state index is 11.6. The lowest BCUT2D eigenvalue weighted by atomic mass is 9.99. The second-order valence-corrected chi connectivity index (χ2v) is 22.4. The third kappa shape index (κ3) is 38.5. The van der Waals surface area contributed by atoms with Crippen LogP contribution in [0, 0.1) is 0 Å². The number of carbonyl (C=O) groups excluding carboxylic acids is 6. The highest BCUT2D eigenvalue weighted by Crippen LogP contribution is 2.19. The van der Waals surface area contributed by atoms with Gasteiger partial charge in [-0.15, -0.1) is 0 Å². The Balaban J connectivity index is 0.000000270. The first kappa shape index (κ1) is 70.1. The number of amides is 6. The fourth-order valence-electron chi connectivity index (χ4n) is 10.1. The molecule has 6 saturated carbocycles. The Morgan fingerprint density at radius 3 is 0.476 bits per heavy atom. The molecule has 0 radical (unpaired) electrons. The van der Waals surface area contributed by atoms with E-state index in [1.54, 1.807) is 0 Å². The van der Waals surface area contributed by atoms with Gasteiger partial charge in [0.05, 0.1) is 34.3 Å². The van der Waals surface area contributed by atoms with Crippen molar-refractivity contribution in [2.45, 2.75) is 270 Å². The SMILES string of the molecule is O=C(NCCCCCCNC(=O)ON=C1CCCCC1)ON=C1CCCCC1.O=C(NCCCCCCNC(=O)ON=C1CCCCC1)ON=C1CCCCC1.O=C(NCCCCCCNC(=O)ON=C1CCCCC1)ON=C1CCCCC1. The van der Waals surface area contributed by atoms with E-state index in [2.05, 4.69) is 62.8 Å². The first-order chi connectivity index (χ1) is 41.2. The summed E-state index contributed by atoms with van der Waals surface area (Å²) in [6.45, 7) is 3.40. The molecule has 6 aliphatic rings. The minimum absolute atomic E-state index is 0.484. The molecule has 474 valence electrons. The van der Waals surface area contributed by atoms with Crippen LogP contribution in [-0.2, 0) is 29.0 Å². The second kappa shape index (κ2) is 47.9. The van der Waals surface area contributed by atoms with Crippen LogP contribution < -0.4 is 31.9 Å². The highest BCUT2D eigenvalue weighted by Gasteiger charge is 2.15. The van der Waals surface area contributed by atoms with E-state index in [-0.39, 0.29) is 0 Å². The molecule has 84 heavy (non-hydrogen) atoms. The Morgan fingerprint density at radius 1 is 0.214 bits per heavy atom. The molecule has 6 N–H and O–H groups in total. The molecule has 6 rings (SSSR count). The summed E-state index contributed by atoms with van der Waals surface area (Å²) >= 11 is 0. The third-order valence-corrected chi connectivity index (χ3v) is 15.1. The average molecular weight is 1180 g/mol. The van der Waals surface area contributed by atoms with Gasteiger partial charge in [0.2, 0.25) is 0 Å². The average Bonchev–Trinajstić information content (AvgIpc) is 3.54. The monoisotopic (exact) mass is 1180 g/mol. The molecule has 0 atom stereocenters. The van der Waals surface area contributed by atoms with Crippen molar-refractivity contribution < 1.29 is 57.8 Å². The van der Waals surface area contributed by atoms with Crippen molar-refractivity contribution in [1.82, 2.24) is 31.9 Å². The Kier molecular flexibility index (Phi) is 40.0. The zero-order chi connectivity index (χ0) is 59.6. The van der Waals surface area contributed by atoms with Crippen molar-refractivity contribution >= 4 is 70.8 Å². The standard InChI is InChI=1S/3C20H34N4O4/c3*25-19(27-23-17-11-5-3-6-12-17)21-15-9-1-2-10-16-22-20(26)28-24-18-13-7-4-8-14-18/h3*1-16H2,(H,21,25)(H,22,26). The Labute approximate surface area is 498 Å². The van der Waals surface area contributed by atoms with Crippen LogP contribution in [0.2, 0.25) is 0 Å². The van der Waals surface area contributed by atoms with E-state index in [9.17, 15) is 28.8 Å². The van der Waals surface area contributed by atoms with Crippen molar-refractivity contribution in [3.63, 3.8) is 0 Å². The molecule has 0 aromatic carbocycles. The van der Waals surface area contributed by atoms with E-state index in [0.717, 1.165) is 265 Å². The number of oxime groups is 6. The summed E-state index contributed by atoms with van der Waals surface area (Å²) < 4.78 is 0. The Morgan fingerprint density at radius 2 is 0.345 bits per heavy atom. The van der Waals surface area contributed by atoms with E-state index < -0.39 is 36.6 Å². The molecule has 0 unspecified atom stereocenters. The Bertz CT molecular complexity index is 1680. The van der Waals surface area contributed by atoms with Crippen molar-refractivity contribution in [2.24, 2.45) is 30.9 Å². The van der Waals surface area contributed by atoms with E-state index in [0.29, 0.717) is 39.3 Å². The quantitative estimate of drug-likeness (QED) is 0.0254. The van der Waals surface area contributed by atoms with Crippen molar-refractivity contribution in [2.75, 3.05) is 39.3 Å². The van der Waals surface area contributed by atoms with Crippen molar-refractivity contribution in [3.8, 4) is 0 Å². The first-order valence-corrected chi connectivity index (χ1v) is 32.3. The van der Waals surface area contributed by atoms with Gasteiger partial charge in [0.15, 0.2) is 0 Å². The van der Waals surface area contributed by atoms with E-state index in [4.69, 9.17) is 29.0 Å². The van der Waals surface area contributed by atoms with Crippen LogP contribution in [-0.4, -0.2) is 110 Å². The van der Waals surface area contributed by atoms with Gasteiger partial charge in [-0.25, -0.2) is 28.8 Å². The maximum Gasteiger partial charge on any atom is 0.433 e. The van der Waals surface area contributed by atoms with Gasteiger partial charge >= 0.3 is 36.6 Å². The van der Waals surface area contributed by atoms with Gasteiger partial charge in [-0.1, -0.05) is 108 Å². The minimum atomic E-state index is -0.484. The molecule has 0 saturated heterocycles. The van der Waals surface area contributed by atoms with E-state index >= 15 is 0 Å². The van der Waals surface area contributed by atoms with Crippen molar-refractivity contribution in [1.29, 1.82) is 0 Å². The van der Waals surface area contributed by atoms with Gasteiger partial charge in [-0.3, -0.25) is 29.0 Å². The molecule has 0 heterocycles. The van der Waals surface area contributed by atoms with Gasteiger partial charge in [-0.05, 0) is 193 Å². The van der Waals surface area contributed by atoms with Crippen LogP contribution in [0.25, 0.3) is 0 Å². The van der Waals surface area contributed by atoms with Gasteiger partial charge in [0.1, 0.15) is 0 Å². The molecular weight excluding hydrogens is 1080 g/mol. The largest absolute Gasteiger partial charge is 0.433 e. The predicted octanol–water partition coefficient (Wildman–Crippen LogP) is 13.9. The molecule has 24 heteroatoms. The summed E-state index contributed by atoms with van der Waals surface area (Å²) in [5.41, 5.74) is 5.90. The highest BCUT2D eigenvalue weighted by atomic mass is 16.7. The lowest BCUT2D eigenvalue weighted by Crippen LogP contribution is -2.25. The summed E-state index contributed by atoms with van der Waals surface area (Å²) in [5.74, 6) is 0. The molecular formula is C60H102N12O12. The number of hydrogen-bond donors (Lipinski definition) is 6. The van der Waals surface area contributed by atoms with Gasteiger partial charge in [0.25, 0.3) is 0 Å². The summed E-state index contributed by atoms with van der Waals surface area (Å²) in [4.78, 5) is 98.7. The van der Waals surface area contributed by atoms with Gasteiger partial charge < -0.3 is 31.9 Å². The number of rotatable bonds is 27. The zero-order valence-electron chi connectivity index (χ0n) is 50.5. The molecule has 0 spiro atoms. The van der Waals surface area contributed by atoms with Crippen LogP contribution in [0.5, 0.6) is 0 Å². The highest BCUT2D eigenvalue weighted by molar-refractivity contribution is 5.87. The molecule has 0 aromatic rings. The molecule has 0 bridgehead atoms. The molecule has 0 aliphatic heterocycles. The molecule has 6 amide bonds. The summed E-state index contributed by atoms with van der Waals surface area (Å²) in [6.07, 6.45) is 40.2. The normalized spacial score (nSPS) is 16.9. The number of hydrogen-bond acceptors (Lipinski definition) is 18. The van der Waals surface area contributed by atoms with Crippen LogP contribution in [0.4, 0.5) is 28.8 Å². The van der Waals surface area contributed by atoms with Gasteiger partial charge in [-0.2, -0.15) is 0 Å². The topological polar surface area (TPSA) is 304 Å². The minimum Gasteiger partial charge on any atom is -0.320 e. The van der Waals surface area contributed by atoms with Crippen LogP contribution >= 0.6 is 0 Å². The van der Waals surface area contributed by atoms with Gasteiger partial charge in [0, 0.05) is 39.3 Å². The number of nitrogens with one attached hydrogen (secondary N) is 6. The van der Waals surface area contributed by atoms with E-state index in [1.807, 2.05) is 0 Å². The summed E-state index contributed by atoms with van der Waals surface area (Å²) in [6, 6.07) is 0. The summed E-state index contributed by atoms with van der Waals surface area (Å²) in [5, 5.41) is 39.8. The van der Waals surface area contributed by atoms with E-state index in [1.165, 1.54) is 38.5 Å². The van der Waals surface area contributed by atoms with Crippen LogP contribution in [0.3, 0.4) is 0 Å². The number of nitrogens with zero attached hydrogens (tertiary/aromatic N) is 6. The molecule has 0 aromatic heterocycles. The van der Waals surface area contributed by atoms with Crippen LogP contribution in [0.15, 0.2) is 30.9 Å². The second-order valence-electron chi connectivity index (χ2n) is 22.4. The zero-order valence-corrected chi connectivity index (χ0v) is 50.5. The smallest absolute Gasteiger partial charge is 0.320 e. The van der Waals surface area contributed by atoms with Crippen LogP contribution in [0.1, 0.15) is 270 Å². The number of carbonyl (C=O) groups is 6. The summed E-state index contributed by atoms with van der Waals surface area (Å²) in [7, 11) is 0. The molecule has 24 nitrogen and oxygen atoms in total. The fourth-order valence-corrected chi connectivity index (χ4v) is 10.1. The number of unbranched alkanes of at least 4 members (excludes halogenated alkanes) is 9. The molecule has 6 fully saturated rings. The van der Waals surface area contributed by atoms with Crippen molar-refractivity contribution in [3.05, 3.63) is 0 Å².